The number of aromatic nitrogens is 3. The van der Waals surface area contributed by atoms with Crippen LogP contribution in [-0.4, -0.2) is 20.7 Å². The van der Waals surface area contributed by atoms with Crippen molar-refractivity contribution in [1.82, 2.24) is 14.8 Å². The quantitative estimate of drug-likeness (QED) is 0.358. The standard InChI is InChI=1S/C24H17N3O2S/c28-24(29-16-23-25-19-13-7-8-14-22(19)30-23)21-15-20(17-9-3-1-4-10-17)26-27(21)18-11-5-2-6-12-18/h1-15H,16H2. The average Bonchev–Trinajstić information content (AvgIpc) is 3.43. The van der Waals surface area contributed by atoms with E-state index in [1.807, 2.05) is 84.9 Å². The highest BCUT2D eigenvalue weighted by Crippen LogP contribution is 2.24. The lowest BCUT2D eigenvalue weighted by Crippen LogP contribution is -2.12. The summed E-state index contributed by atoms with van der Waals surface area (Å²) < 4.78 is 8.30. The minimum absolute atomic E-state index is 0.124. The van der Waals surface area contributed by atoms with Crippen LogP contribution in [0.25, 0.3) is 27.2 Å². The highest BCUT2D eigenvalue weighted by molar-refractivity contribution is 7.18. The summed E-state index contributed by atoms with van der Waals surface area (Å²) in [5.74, 6) is -0.437. The summed E-state index contributed by atoms with van der Waals surface area (Å²) >= 11 is 1.53. The van der Waals surface area contributed by atoms with Crippen LogP contribution < -0.4 is 0 Å². The topological polar surface area (TPSA) is 57.0 Å². The van der Waals surface area contributed by atoms with E-state index < -0.39 is 5.97 Å². The molecular weight excluding hydrogens is 394 g/mol. The largest absolute Gasteiger partial charge is 0.454 e. The second-order valence-corrected chi connectivity index (χ2v) is 7.79. The summed E-state index contributed by atoms with van der Waals surface area (Å²) in [6.07, 6.45) is 0. The Morgan fingerprint density at radius 3 is 2.37 bits per heavy atom. The summed E-state index contributed by atoms with van der Waals surface area (Å²) in [5.41, 5.74) is 3.74. The summed E-state index contributed by atoms with van der Waals surface area (Å²) in [7, 11) is 0. The van der Waals surface area contributed by atoms with Crippen LogP contribution in [0.4, 0.5) is 0 Å². The van der Waals surface area contributed by atoms with Gasteiger partial charge in [-0.05, 0) is 30.3 Å². The van der Waals surface area contributed by atoms with Crippen molar-refractivity contribution < 1.29 is 9.53 Å². The molecule has 2 aromatic heterocycles. The van der Waals surface area contributed by atoms with E-state index in [0.29, 0.717) is 11.4 Å². The predicted octanol–water partition coefficient (Wildman–Crippen LogP) is 5.51. The number of hydrogen-bond donors (Lipinski definition) is 0. The van der Waals surface area contributed by atoms with Crippen LogP contribution >= 0.6 is 11.3 Å². The number of carbonyl (C=O) groups is 1. The molecule has 5 nitrogen and oxygen atoms in total. The van der Waals surface area contributed by atoms with Crippen LogP contribution in [-0.2, 0) is 11.3 Å². The predicted molar refractivity (Wildman–Crippen MR) is 118 cm³/mol. The van der Waals surface area contributed by atoms with Crippen molar-refractivity contribution in [2.45, 2.75) is 6.61 Å². The Morgan fingerprint density at radius 1 is 0.900 bits per heavy atom. The number of fused-ring (bicyclic) bond motifs is 1. The zero-order valence-electron chi connectivity index (χ0n) is 15.9. The van der Waals surface area contributed by atoms with Crippen LogP contribution in [0.15, 0.2) is 91.0 Å². The molecular formula is C24H17N3O2S. The van der Waals surface area contributed by atoms with Crippen molar-refractivity contribution in [1.29, 1.82) is 0 Å². The van der Waals surface area contributed by atoms with E-state index in [9.17, 15) is 4.79 Å². The van der Waals surface area contributed by atoms with Crippen molar-refractivity contribution in [2.24, 2.45) is 0 Å². The van der Waals surface area contributed by atoms with E-state index in [1.54, 1.807) is 10.7 Å². The van der Waals surface area contributed by atoms with E-state index in [2.05, 4.69) is 10.1 Å². The molecule has 5 aromatic rings. The molecule has 0 amide bonds. The van der Waals surface area contributed by atoms with Gasteiger partial charge < -0.3 is 4.74 Å². The molecule has 0 saturated carbocycles. The fourth-order valence-electron chi connectivity index (χ4n) is 3.23. The highest BCUT2D eigenvalue weighted by atomic mass is 32.1. The van der Waals surface area contributed by atoms with Gasteiger partial charge in [-0.15, -0.1) is 11.3 Å². The van der Waals surface area contributed by atoms with Gasteiger partial charge in [0.1, 0.15) is 11.6 Å². The number of benzene rings is 3. The fraction of sp³-hybridized carbons (Fsp3) is 0.0417. The van der Waals surface area contributed by atoms with Crippen molar-refractivity contribution >= 4 is 27.5 Å². The van der Waals surface area contributed by atoms with Gasteiger partial charge in [-0.2, -0.15) is 5.10 Å². The molecule has 5 rings (SSSR count). The molecule has 30 heavy (non-hydrogen) atoms. The molecule has 6 heteroatoms. The number of thiazole rings is 1. The number of para-hydroxylation sites is 2. The highest BCUT2D eigenvalue weighted by Gasteiger charge is 2.19. The Bertz CT molecular complexity index is 1280. The molecule has 0 aliphatic carbocycles. The summed E-state index contributed by atoms with van der Waals surface area (Å²) in [6, 6.07) is 29.0. The van der Waals surface area contributed by atoms with Crippen LogP contribution in [0.5, 0.6) is 0 Å². The maximum absolute atomic E-state index is 13.0. The Hall–Kier alpha value is -3.77. The number of carbonyl (C=O) groups excluding carboxylic acids is 1. The lowest BCUT2D eigenvalue weighted by atomic mass is 10.1. The maximum Gasteiger partial charge on any atom is 0.357 e. The van der Waals surface area contributed by atoms with Gasteiger partial charge in [0.25, 0.3) is 0 Å². The summed E-state index contributed by atoms with van der Waals surface area (Å²) in [4.78, 5) is 17.5. The average molecular weight is 411 g/mol. The Labute approximate surface area is 177 Å². The first-order chi connectivity index (χ1) is 14.8. The minimum atomic E-state index is -0.437. The van der Waals surface area contributed by atoms with Gasteiger partial charge in [0.05, 0.1) is 21.6 Å². The van der Waals surface area contributed by atoms with Crippen molar-refractivity contribution in [3.05, 3.63) is 102 Å². The number of rotatable bonds is 5. The SMILES string of the molecule is O=C(OCc1nc2ccccc2s1)c1cc(-c2ccccc2)nn1-c1ccccc1. The van der Waals surface area contributed by atoms with Crippen molar-refractivity contribution in [2.75, 3.05) is 0 Å². The second kappa shape index (κ2) is 7.93. The molecule has 0 spiro atoms. The second-order valence-electron chi connectivity index (χ2n) is 6.68. The molecule has 0 aliphatic heterocycles. The van der Waals surface area contributed by atoms with Crippen LogP contribution in [0, 0.1) is 0 Å². The smallest absolute Gasteiger partial charge is 0.357 e. The number of nitrogens with zero attached hydrogens (tertiary/aromatic N) is 3. The Morgan fingerprint density at radius 2 is 1.60 bits per heavy atom. The van der Waals surface area contributed by atoms with E-state index in [4.69, 9.17) is 4.74 Å². The maximum atomic E-state index is 13.0. The van der Waals surface area contributed by atoms with E-state index in [-0.39, 0.29) is 6.61 Å². The molecule has 0 bridgehead atoms. The van der Waals surface area contributed by atoms with Gasteiger partial charge >= 0.3 is 5.97 Å². The van der Waals surface area contributed by atoms with Gasteiger partial charge in [-0.1, -0.05) is 60.7 Å². The normalized spacial score (nSPS) is 10.9. The fourth-order valence-corrected chi connectivity index (χ4v) is 4.11. The lowest BCUT2D eigenvalue weighted by molar-refractivity contribution is 0.0462. The molecule has 0 radical (unpaired) electrons. The molecule has 146 valence electrons. The third-order valence-electron chi connectivity index (χ3n) is 4.65. The third kappa shape index (κ3) is 3.60. The lowest BCUT2D eigenvalue weighted by Gasteiger charge is -2.06. The first-order valence-corrected chi connectivity index (χ1v) is 10.3. The van der Waals surface area contributed by atoms with Crippen LogP contribution in [0.1, 0.15) is 15.5 Å². The number of esters is 1. The molecule has 0 fully saturated rings. The van der Waals surface area contributed by atoms with Gasteiger partial charge in [0.15, 0.2) is 5.69 Å². The van der Waals surface area contributed by atoms with Gasteiger partial charge in [-0.25, -0.2) is 14.5 Å². The van der Waals surface area contributed by atoms with E-state index in [0.717, 1.165) is 26.5 Å². The van der Waals surface area contributed by atoms with Crippen molar-refractivity contribution in [3.63, 3.8) is 0 Å². The molecule has 0 aliphatic rings. The zero-order valence-corrected chi connectivity index (χ0v) is 16.8. The Balaban J connectivity index is 1.45. The molecule has 0 unspecified atom stereocenters. The van der Waals surface area contributed by atoms with Gasteiger partial charge in [0, 0.05) is 5.56 Å². The zero-order chi connectivity index (χ0) is 20.3. The number of ether oxygens (including phenoxy) is 1. The first-order valence-electron chi connectivity index (χ1n) is 9.50. The van der Waals surface area contributed by atoms with Gasteiger partial charge in [0.2, 0.25) is 0 Å². The molecule has 2 heterocycles. The molecule has 0 saturated heterocycles. The molecule has 0 atom stereocenters. The monoisotopic (exact) mass is 411 g/mol. The van der Waals surface area contributed by atoms with E-state index in [1.165, 1.54) is 11.3 Å². The molecule has 0 N–H and O–H groups in total. The Kier molecular flexibility index (Phi) is 4.83. The van der Waals surface area contributed by atoms with Crippen molar-refractivity contribution in [3.8, 4) is 16.9 Å². The summed E-state index contributed by atoms with van der Waals surface area (Å²) in [5, 5.41) is 5.43. The number of hydrogen-bond acceptors (Lipinski definition) is 5. The van der Waals surface area contributed by atoms with Gasteiger partial charge in [-0.3, -0.25) is 0 Å². The minimum Gasteiger partial charge on any atom is -0.454 e. The third-order valence-corrected chi connectivity index (χ3v) is 5.66. The first kappa shape index (κ1) is 18.3. The van der Waals surface area contributed by atoms with Crippen LogP contribution in [0.3, 0.4) is 0 Å². The summed E-state index contributed by atoms with van der Waals surface area (Å²) in [6.45, 7) is 0.124. The van der Waals surface area contributed by atoms with Crippen LogP contribution in [0.2, 0.25) is 0 Å². The van der Waals surface area contributed by atoms with E-state index >= 15 is 0 Å². The molecule has 3 aromatic carbocycles.